The van der Waals surface area contributed by atoms with Crippen LogP contribution in [0.2, 0.25) is 0 Å². The molecule has 0 aromatic heterocycles. The highest BCUT2D eigenvalue weighted by atomic mass is 16.4. The van der Waals surface area contributed by atoms with E-state index in [1.54, 1.807) is 0 Å². The molecule has 0 saturated heterocycles. The Morgan fingerprint density at radius 1 is 1.05 bits per heavy atom. The van der Waals surface area contributed by atoms with E-state index >= 15 is 0 Å². The van der Waals surface area contributed by atoms with E-state index < -0.39 is 17.9 Å². The smallest absolute Gasteiger partial charge is 0.326 e. The Morgan fingerprint density at radius 2 is 1.60 bits per heavy atom. The number of hydrogen-bond donors (Lipinski definition) is 3. The number of unbranched alkanes of at least 4 members (excludes halogenated alkanes) is 6. The molecule has 0 aromatic rings. The summed E-state index contributed by atoms with van der Waals surface area (Å²) in [6, 6.07) is -1.22. The largest absolute Gasteiger partial charge is 0.480 e. The third kappa shape index (κ3) is 10.3. The van der Waals surface area contributed by atoms with E-state index in [1.807, 2.05) is 0 Å². The molecule has 0 heterocycles. The number of rotatable bonds is 12. The Morgan fingerprint density at radius 3 is 2.10 bits per heavy atom. The standard InChI is InChI=1S/C14H26N2O4/c1-2-3-4-5-6-7-8-9-13(18)16-11(14(19)20)10-12(15)17/h11H,2-10H2,1H3,(H2,15,17)(H,16,18)(H,19,20)/t11-/m0/s1. The van der Waals surface area contributed by atoms with Gasteiger partial charge in [0.15, 0.2) is 0 Å². The number of aliphatic carboxylic acids is 1. The number of nitrogens with one attached hydrogen (secondary N) is 1. The lowest BCUT2D eigenvalue weighted by Gasteiger charge is -2.12. The van der Waals surface area contributed by atoms with E-state index in [2.05, 4.69) is 12.2 Å². The van der Waals surface area contributed by atoms with E-state index in [0.717, 1.165) is 19.3 Å². The Balaban J connectivity index is 3.75. The summed E-state index contributed by atoms with van der Waals surface area (Å²) in [6.45, 7) is 2.16. The Labute approximate surface area is 120 Å². The average Bonchev–Trinajstić information content (AvgIpc) is 2.36. The minimum absolute atomic E-state index is 0.288. The highest BCUT2D eigenvalue weighted by Gasteiger charge is 2.21. The Kier molecular flexibility index (Phi) is 10.4. The zero-order chi connectivity index (χ0) is 15.4. The normalized spacial score (nSPS) is 11.8. The monoisotopic (exact) mass is 286 g/mol. The first kappa shape index (κ1) is 18.4. The van der Waals surface area contributed by atoms with Gasteiger partial charge < -0.3 is 16.2 Å². The number of hydrogen-bond acceptors (Lipinski definition) is 3. The molecule has 0 aliphatic rings. The summed E-state index contributed by atoms with van der Waals surface area (Å²) in [5.74, 6) is -2.32. The van der Waals surface area contributed by atoms with Gasteiger partial charge in [0.2, 0.25) is 11.8 Å². The molecule has 0 aliphatic heterocycles. The van der Waals surface area contributed by atoms with Crippen LogP contribution < -0.4 is 11.1 Å². The van der Waals surface area contributed by atoms with Crippen molar-refractivity contribution in [2.45, 2.75) is 70.8 Å². The Hall–Kier alpha value is -1.59. The van der Waals surface area contributed by atoms with Crippen molar-refractivity contribution in [1.82, 2.24) is 5.32 Å². The molecule has 6 heteroatoms. The molecule has 0 saturated carbocycles. The van der Waals surface area contributed by atoms with Crippen LogP contribution >= 0.6 is 0 Å². The molecule has 4 N–H and O–H groups in total. The summed E-state index contributed by atoms with van der Waals surface area (Å²) < 4.78 is 0. The quantitative estimate of drug-likeness (QED) is 0.473. The molecule has 1 atom stereocenters. The molecule has 0 aromatic carbocycles. The van der Waals surface area contributed by atoms with Crippen molar-refractivity contribution in [3.63, 3.8) is 0 Å². The highest BCUT2D eigenvalue weighted by molar-refractivity contribution is 5.88. The summed E-state index contributed by atoms with van der Waals surface area (Å²) in [7, 11) is 0. The van der Waals surface area contributed by atoms with Gasteiger partial charge in [-0.3, -0.25) is 9.59 Å². The van der Waals surface area contributed by atoms with Gasteiger partial charge in [0.05, 0.1) is 6.42 Å². The fraction of sp³-hybridized carbons (Fsp3) is 0.786. The minimum Gasteiger partial charge on any atom is -0.480 e. The van der Waals surface area contributed by atoms with Crippen LogP contribution in [0.1, 0.15) is 64.7 Å². The van der Waals surface area contributed by atoms with Crippen LogP contribution in [0.4, 0.5) is 0 Å². The first-order valence-electron chi connectivity index (χ1n) is 7.27. The topological polar surface area (TPSA) is 109 Å². The number of primary amides is 1. The summed E-state index contributed by atoms with van der Waals surface area (Å²) in [4.78, 5) is 33.1. The molecular weight excluding hydrogens is 260 g/mol. The van der Waals surface area contributed by atoms with Gasteiger partial charge in [-0.25, -0.2) is 4.79 Å². The molecule has 2 amide bonds. The lowest BCUT2D eigenvalue weighted by molar-refractivity contribution is -0.143. The molecule has 0 bridgehead atoms. The number of carboxylic acids is 1. The summed E-state index contributed by atoms with van der Waals surface area (Å²) in [6.07, 6.45) is 7.56. The number of carboxylic acid groups (broad SMARTS) is 1. The second-order valence-corrected chi connectivity index (χ2v) is 5.00. The van der Waals surface area contributed by atoms with Crippen LogP contribution in [-0.2, 0) is 14.4 Å². The summed E-state index contributed by atoms with van der Waals surface area (Å²) >= 11 is 0. The number of nitrogens with two attached hydrogens (primary N) is 1. The lowest BCUT2D eigenvalue weighted by Crippen LogP contribution is -2.43. The van der Waals surface area contributed by atoms with Gasteiger partial charge in [-0.15, -0.1) is 0 Å². The van der Waals surface area contributed by atoms with E-state index in [-0.39, 0.29) is 18.7 Å². The van der Waals surface area contributed by atoms with Crippen LogP contribution in [-0.4, -0.2) is 28.9 Å². The van der Waals surface area contributed by atoms with E-state index in [0.29, 0.717) is 0 Å². The molecular formula is C14H26N2O4. The van der Waals surface area contributed by atoms with Crippen LogP contribution in [0, 0.1) is 0 Å². The highest BCUT2D eigenvalue weighted by Crippen LogP contribution is 2.08. The van der Waals surface area contributed by atoms with Crippen molar-refractivity contribution in [3.8, 4) is 0 Å². The second-order valence-electron chi connectivity index (χ2n) is 5.00. The van der Waals surface area contributed by atoms with Gasteiger partial charge >= 0.3 is 5.97 Å². The maximum Gasteiger partial charge on any atom is 0.326 e. The minimum atomic E-state index is -1.24. The van der Waals surface area contributed by atoms with Crippen molar-refractivity contribution in [2.24, 2.45) is 5.73 Å². The van der Waals surface area contributed by atoms with E-state index in [1.165, 1.54) is 25.7 Å². The fourth-order valence-corrected chi connectivity index (χ4v) is 1.91. The van der Waals surface area contributed by atoms with Gasteiger partial charge in [0.1, 0.15) is 6.04 Å². The second kappa shape index (κ2) is 11.3. The molecule has 0 rings (SSSR count). The van der Waals surface area contributed by atoms with Gasteiger partial charge in [-0.05, 0) is 6.42 Å². The molecule has 0 unspecified atom stereocenters. The molecule has 0 spiro atoms. The van der Waals surface area contributed by atoms with Crippen molar-refractivity contribution < 1.29 is 19.5 Å². The van der Waals surface area contributed by atoms with Gasteiger partial charge in [-0.2, -0.15) is 0 Å². The lowest BCUT2D eigenvalue weighted by atomic mass is 10.1. The van der Waals surface area contributed by atoms with Crippen molar-refractivity contribution >= 4 is 17.8 Å². The molecule has 116 valence electrons. The zero-order valence-corrected chi connectivity index (χ0v) is 12.2. The van der Waals surface area contributed by atoms with E-state index in [9.17, 15) is 14.4 Å². The predicted molar refractivity (Wildman–Crippen MR) is 76.0 cm³/mol. The predicted octanol–water partition coefficient (Wildman–Crippen LogP) is 1.57. The summed E-state index contributed by atoms with van der Waals surface area (Å²) in [5.41, 5.74) is 4.93. The van der Waals surface area contributed by atoms with E-state index in [4.69, 9.17) is 10.8 Å². The first-order chi connectivity index (χ1) is 9.47. The van der Waals surface area contributed by atoms with Gasteiger partial charge in [0, 0.05) is 6.42 Å². The molecule has 20 heavy (non-hydrogen) atoms. The van der Waals surface area contributed by atoms with Crippen molar-refractivity contribution in [3.05, 3.63) is 0 Å². The molecule has 0 aliphatic carbocycles. The van der Waals surface area contributed by atoms with Crippen molar-refractivity contribution in [2.75, 3.05) is 0 Å². The molecule has 6 nitrogen and oxygen atoms in total. The number of amides is 2. The fourth-order valence-electron chi connectivity index (χ4n) is 1.91. The van der Waals surface area contributed by atoms with Crippen LogP contribution in [0.25, 0.3) is 0 Å². The number of carbonyl (C=O) groups excluding carboxylic acids is 2. The maximum atomic E-state index is 11.5. The molecule has 0 radical (unpaired) electrons. The van der Waals surface area contributed by atoms with Gasteiger partial charge in [0.25, 0.3) is 0 Å². The van der Waals surface area contributed by atoms with Crippen LogP contribution in [0.15, 0.2) is 0 Å². The third-order valence-corrected chi connectivity index (χ3v) is 3.05. The zero-order valence-electron chi connectivity index (χ0n) is 12.2. The number of carbonyl (C=O) groups is 3. The van der Waals surface area contributed by atoms with Crippen LogP contribution in [0.3, 0.4) is 0 Å². The first-order valence-corrected chi connectivity index (χ1v) is 7.27. The van der Waals surface area contributed by atoms with Gasteiger partial charge in [-0.1, -0.05) is 45.4 Å². The summed E-state index contributed by atoms with van der Waals surface area (Å²) in [5, 5.41) is 11.2. The molecule has 0 fully saturated rings. The van der Waals surface area contributed by atoms with Crippen molar-refractivity contribution in [1.29, 1.82) is 0 Å². The average molecular weight is 286 g/mol. The maximum absolute atomic E-state index is 11.5. The third-order valence-electron chi connectivity index (χ3n) is 3.05. The SMILES string of the molecule is CCCCCCCCCC(=O)N[C@@H](CC(N)=O)C(=O)O. The van der Waals surface area contributed by atoms with Crippen LogP contribution in [0.5, 0.6) is 0 Å². The Bertz CT molecular complexity index is 318.